The molecule has 1 unspecified atom stereocenters. The molecule has 7 atom stereocenters. The Kier molecular flexibility index (Phi) is 14.7. The van der Waals surface area contributed by atoms with Crippen molar-refractivity contribution >= 4 is 40.9 Å². The number of likely N-dealkylation sites (tertiary alicyclic amines) is 1. The molecule has 4 rings (SSSR count). The lowest BCUT2D eigenvalue weighted by Crippen LogP contribution is -2.56. The molecule has 2 amide bonds. The Morgan fingerprint density at radius 2 is 1.62 bits per heavy atom. The highest BCUT2D eigenvalue weighted by molar-refractivity contribution is 6.38. The fourth-order valence-electron chi connectivity index (χ4n) is 8.01. The number of aliphatic carboxylic acids is 1. The number of carboxylic acids is 1. The molecule has 1 saturated heterocycles. The zero-order valence-corrected chi connectivity index (χ0v) is 31.5. The molecule has 2 fully saturated rings. The second-order valence-corrected chi connectivity index (χ2v) is 15.5. The Balaban J connectivity index is 1.50. The largest absolute Gasteiger partial charge is 0.481 e. The van der Waals surface area contributed by atoms with Gasteiger partial charge in [-0.2, -0.15) is 0 Å². The van der Waals surface area contributed by atoms with Crippen molar-refractivity contribution in [2.75, 3.05) is 6.54 Å². The van der Waals surface area contributed by atoms with Gasteiger partial charge < -0.3 is 15.3 Å². The highest BCUT2D eigenvalue weighted by Gasteiger charge is 2.51. The lowest BCUT2D eigenvalue weighted by molar-refractivity contribution is -0.147. The highest BCUT2D eigenvalue weighted by atomic mass is 16.4. The van der Waals surface area contributed by atoms with E-state index in [9.17, 15) is 38.7 Å². The molecule has 1 aliphatic heterocycles. The number of carboxylic acid groups (broad SMARTS) is 1. The molecule has 2 heterocycles. The Hall–Kier alpha value is -4.61. The lowest BCUT2D eigenvalue weighted by atomic mass is 9.83. The van der Waals surface area contributed by atoms with Crippen LogP contribution in [0.15, 0.2) is 48.9 Å². The van der Waals surface area contributed by atoms with E-state index in [1.165, 1.54) is 18.6 Å². The molecule has 1 aromatic heterocycles. The van der Waals surface area contributed by atoms with E-state index in [1.54, 1.807) is 29.2 Å². The molecule has 1 aromatic carbocycles. The number of rotatable bonds is 20. The van der Waals surface area contributed by atoms with E-state index in [-0.39, 0.29) is 72.5 Å². The zero-order chi connectivity index (χ0) is 38.8. The molecule has 286 valence electrons. The van der Waals surface area contributed by atoms with Crippen molar-refractivity contribution in [3.8, 4) is 0 Å². The third-order valence-electron chi connectivity index (χ3n) is 11.0. The molecule has 0 spiro atoms. The van der Waals surface area contributed by atoms with Gasteiger partial charge in [0.25, 0.3) is 0 Å². The summed E-state index contributed by atoms with van der Waals surface area (Å²) in [6.45, 7) is 9.50. The van der Waals surface area contributed by atoms with Crippen molar-refractivity contribution in [3.05, 3.63) is 60.2 Å². The number of Topliss-reactive ketones (excluding diaryl/α,β-unsaturated/α-hetero) is 4. The van der Waals surface area contributed by atoms with Gasteiger partial charge in [-0.15, -0.1) is 0 Å². The molecule has 12 heteroatoms. The minimum atomic E-state index is -1.17. The van der Waals surface area contributed by atoms with Gasteiger partial charge in [0, 0.05) is 50.0 Å². The van der Waals surface area contributed by atoms with Gasteiger partial charge in [-0.1, -0.05) is 77.8 Å². The molecule has 0 bridgehead atoms. The third kappa shape index (κ3) is 10.5. The number of hydrogen-bond donors (Lipinski definition) is 2. The molecule has 2 aromatic rings. The van der Waals surface area contributed by atoms with Gasteiger partial charge in [0.2, 0.25) is 17.6 Å². The molecule has 1 aliphatic carbocycles. The number of aromatic nitrogens is 2. The number of nitrogens with one attached hydrogen (secondary N) is 1. The van der Waals surface area contributed by atoms with Crippen LogP contribution in [0.4, 0.5) is 0 Å². The number of nitrogens with zero attached hydrogens (tertiary/aromatic N) is 3. The van der Waals surface area contributed by atoms with Crippen LogP contribution in [0.5, 0.6) is 0 Å². The van der Waals surface area contributed by atoms with Crippen molar-refractivity contribution in [2.45, 2.75) is 104 Å². The zero-order valence-electron chi connectivity index (χ0n) is 31.5. The van der Waals surface area contributed by atoms with Crippen molar-refractivity contribution in [3.63, 3.8) is 0 Å². The summed E-state index contributed by atoms with van der Waals surface area (Å²) in [4.78, 5) is 104. The summed E-state index contributed by atoms with van der Waals surface area (Å²) in [6.07, 6.45) is 6.82. The first-order valence-corrected chi connectivity index (χ1v) is 19.0. The molecule has 2 N–H and O–H groups in total. The summed E-state index contributed by atoms with van der Waals surface area (Å²) in [5.74, 6) is -7.49. The SMILES string of the molecule is CCCC(CC(=O)[C@@H]1[C@H]2CCC[C@H]2CN1C(=O)[C@@H](NC(=O)[C@H](CC(=O)c1cnccn1)C(C)C)C(C)C)C(=O)C(=O)C[C@H](Cc1ccccc1)C(=O)O. The Morgan fingerprint density at radius 3 is 2.23 bits per heavy atom. The van der Waals surface area contributed by atoms with E-state index in [2.05, 4.69) is 15.3 Å². The van der Waals surface area contributed by atoms with Crippen LogP contribution in [-0.2, 0) is 35.2 Å². The minimum Gasteiger partial charge on any atom is -0.481 e. The first kappa shape index (κ1) is 41.2. The number of benzene rings is 1. The summed E-state index contributed by atoms with van der Waals surface area (Å²) >= 11 is 0. The van der Waals surface area contributed by atoms with Crippen LogP contribution >= 0.6 is 0 Å². The Bertz CT molecular complexity index is 1630. The van der Waals surface area contributed by atoms with Crippen LogP contribution in [-0.4, -0.2) is 79.5 Å². The van der Waals surface area contributed by atoms with Crippen molar-refractivity contribution in [1.82, 2.24) is 20.2 Å². The smallest absolute Gasteiger partial charge is 0.307 e. The fourth-order valence-corrected chi connectivity index (χ4v) is 8.01. The quantitative estimate of drug-likeness (QED) is 0.140. The fraction of sp³-hybridized carbons (Fsp3) is 0.585. The Labute approximate surface area is 311 Å². The molecular formula is C41H54N4O8. The van der Waals surface area contributed by atoms with Gasteiger partial charge in [-0.25, -0.2) is 4.98 Å². The summed E-state index contributed by atoms with van der Waals surface area (Å²) in [7, 11) is 0. The summed E-state index contributed by atoms with van der Waals surface area (Å²) in [5.41, 5.74) is 0.895. The molecule has 1 saturated carbocycles. The summed E-state index contributed by atoms with van der Waals surface area (Å²) in [5, 5.41) is 12.8. The maximum absolute atomic E-state index is 14.4. The molecule has 53 heavy (non-hydrogen) atoms. The summed E-state index contributed by atoms with van der Waals surface area (Å²) in [6, 6.07) is 7.14. The maximum atomic E-state index is 14.4. The van der Waals surface area contributed by atoms with Gasteiger partial charge in [-0.3, -0.25) is 38.5 Å². The molecular weight excluding hydrogens is 676 g/mol. The topological polar surface area (TPSA) is 181 Å². The standard InChI is InChI=1S/C41H54N4O8/c1-6-11-27(38(49)35(48)20-29(41(52)53)18-26-12-8-7-9-13-26)19-34(47)37-30-15-10-14-28(30)23-45(37)40(51)36(25(4)5)44-39(50)31(24(2)3)21-33(46)32-22-42-16-17-43-32/h7-9,12-13,16-17,22,24-25,27-31,36-37H,6,10-11,14-15,18-21,23H2,1-5H3,(H,44,50)(H,52,53)/t27?,28-,29-,30-,31+,36-,37-/m0/s1. The van der Waals surface area contributed by atoms with Crippen LogP contribution in [0, 0.1) is 41.4 Å². The Morgan fingerprint density at radius 1 is 0.906 bits per heavy atom. The molecule has 12 nitrogen and oxygen atoms in total. The molecule has 0 radical (unpaired) electrons. The van der Waals surface area contributed by atoms with E-state index < -0.39 is 59.7 Å². The van der Waals surface area contributed by atoms with Crippen LogP contribution in [0.3, 0.4) is 0 Å². The van der Waals surface area contributed by atoms with E-state index in [4.69, 9.17) is 0 Å². The number of ketones is 4. The second-order valence-electron chi connectivity index (χ2n) is 15.5. The van der Waals surface area contributed by atoms with E-state index in [0.29, 0.717) is 13.0 Å². The van der Waals surface area contributed by atoms with Gasteiger partial charge in [0.1, 0.15) is 11.7 Å². The van der Waals surface area contributed by atoms with E-state index >= 15 is 0 Å². The van der Waals surface area contributed by atoms with Crippen molar-refractivity contribution in [2.24, 2.45) is 41.4 Å². The average molecular weight is 731 g/mol. The van der Waals surface area contributed by atoms with E-state index in [0.717, 1.165) is 24.8 Å². The predicted octanol–water partition coefficient (Wildman–Crippen LogP) is 4.94. The minimum absolute atomic E-state index is 0.0955. The number of fused-ring (bicyclic) bond motifs is 1. The van der Waals surface area contributed by atoms with Crippen LogP contribution in [0.1, 0.15) is 102 Å². The average Bonchev–Trinajstić information content (AvgIpc) is 3.74. The van der Waals surface area contributed by atoms with Crippen molar-refractivity contribution in [1.29, 1.82) is 0 Å². The van der Waals surface area contributed by atoms with Crippen LogP contribution in [0.2, 0.25) is 0 Å². The van der Waals surface area contributed by atoms with Gasteiger partial charge in [0.05, 0.1) is 18.2 Å². The first-order valence-electron chi connectivity index (χ1n) is 19.0. The number of hydrogen-bond acceptors (Lipinski definition) is 9. The highest BCUT2D eigenvalue weighted by Crippen LogP contribution is 2.43. The first-order chi connectivity index (χ1) is 25.2. The van der Waals surface area contributed by atoms with Gasteiger partial charge in [-0.05, 0) is 54.9 Å². The van der Waals surface area contributed by atoms with Gasteiger partial charge in [0.15, 0.2) is 17.3 Å². The monoisotopic (exact) mass is 730 g/mol. The number of carbonyl (C=O) groups excluding carboxylic acids is 6. The number of amides is 2. The van der Waals surface area contributed by atoms with Crippen LogP contribution in [0.25, 0.3) is 0 Å². The normalized spacial score (nSPS) is 20.4. The van der Waals surface area contributed by atoms with Crippen molar-refractivity contribution < 1.29 is 38.7 Å². The van der Waals surface area contributed by atoms with Crippen LogP contribution < -0.4 is 5.32 Å². The predicted molar refractivity (Wildman–Crippen MR) is 196 cm³/mol. The lowest BCUT2D eigenvalue weighted by Gasteiger charge is -2.33. The van der Waals surface area contributed by atoms with E-state index in [1.807, 2.05) is 40.7 Å². The second kappa shape index (κ2) is 18.9. The third-order valence-corrected chi connectivity index (χ3v) is 11.0. The molecule has 2 aliphatic rings. The maximum Gasteiger partial charge on any atom is 0.307 e. The van der Waals surface area contributed by atoms with Gasteiger partial charge >= 0.3 is 5.97 Å². The number of carbonyl (C=O) groups is 7. The summed E-state index contributed by atoms with van der Waals surface area (Å²) < 4.78 is 0.